The van der Waals surface area contributed by atoms with Crippen LogP contribution < -0.4 is 0 Å². The quantitative estimate of drug-likeness (QED) is 0.699. The van der Waals surface area contributed by atoms with Crippen LogP contribution in [0.4, 0.5) is 4.39 Å². The van der Waals surface area contributed by atoms with Crippen molar-refractivity contribution in [1.29, 1.82) is 0 Å². The molecule has 2 aromatic rings. The molecule has 1 aliphatic rings. The summed E-state index contributed by atoms with van der Waals surface area (Å²) in [4.78, 5) is 29.1. The SMILES string of the molecule is COCCN(CC1CN(C(=O)c2cccc(F)c2)CCO1)C(=O)c1ccc(C)cc1. The predicted molar refractivity (Wildman–Crippen MR) is 111 cm³/mol. The smallest absolute Gasteiger partial charge is 0.254 e. The first kappa shape index (κ1) is 21.9. The summed E-state index contributed by atoms with van der Waals surface area (Å²) in [7, 11) is 1.59. The molecule has 0 spiro atoms. The van der Waals surface area contributed by atoms with Gasteiger partial charge in [0.25, 0.3) is 11.8 Å². The van der Waals surface area contributed by atoms with Gasteiger partial charge >= 0.3 is 0 Å². The fourth-order valence-corrected chi connectivity index (χ4v) is 3.42. The Balaban J connectivity index is 1.68. The molecule has 0 radical (unpaired) electrons. The first-order chi connectivity index (χ1) is 14.5. The van der Waals surface area contributed by atoms with Crippen LogP contribution in [0.15, 0.2) is 48.5 Å². The Bertz CT molecular complexity index is 872. The van der Waals surface area contributed by atoms with E-state index in [0.717, 1.165) is 5.56 Å². The molecule has 0 N–H and O–H groups in total. The molecule has 0 saturated carbocycles. The maximum atomic E-state index is 13.5. The lowest BCUT2D eigenvalue weighted by Crippen LogP contribution is -2.51. The summed E-state index contributed by atoms with van der Waals surface area (Å²) in [5, 5.41) is 0. The van der Waals surface area contributed by atoms with Crippen LogP contribution in [-0.4, -0.2) is 74.2 Å². The highest BCUT2D eigenvalue weighted by Gasteiger charge is 2.28. The number of carbonyl (C=O) groups is 2. The molecule has 0 aliphatic carbocycles. The van der Waals surface area contributed by atoms with E-state index >= 15 is 0 Å². The van der Waals surface area contributed by atoms with Gasteiger partial charge in [0, 0.05) is 44.4 Å². The number of benzene rings is 2. The second kappa shape index (κ2) is 10.3. The number of aryl methyl sites for hydroxylation is 1. The third kappa shape index (κ3) is 5.64. The molecule has 30 heavy (non-hydrogen) atoms. The lowest BCUT2D eigenvalue weighted by atomic mass is 10.1. The molecular weight excluding hydrogens is 387 g/mol. The number of hydrogen-bond donors (Lipinski definition) is 0. The molecule has 2 aromatic carbocycles. The largest absolute Gasteiger partial charge is 0.383 e. The second-order valence-electron chi connectivity index (χ2n) is 7.36. The van der Waals surface area contributed by atoms with Crippen LogP contribution >= 0.6 is 0 Å². The summed E-state index contributed by atoms with van der Waals surface area (Å²) in [6.45, 7) is 4.25. The molecule has 3 rings (SSSR count). The molecule has 1 saturated heterocycles. The van der Waals surface area contributed by atoms with Crippen LogP contribution in [0, 0.1) is 12.7 Å². The normalized spacial score (nSPS) is 16.4. The number of carbonyl (C=O) groups excluding carboxylic acids is 2. The van der Waals surface area contributed by atoms with Gasteiger partial charge in [-0.1, -0.05) is 23.8 Å². The van der Waals surface area contributed by atoms with Gasteiger partial charge in [-0.15, -0.1) is 0 Å². The lowest BCUT2D eigenvalue weighted by molar-refractivity contribution is -0.0347. The Labute approximate surface area is 176 Å². The van der Waals surface area contributed by atoms with Crippen molar-refractivity contribution in [2.75, 3.05) is 46.5 Å². The van der Waals surface area contributed by atoms with Gasteiger partial charge < -0.3 is 19.3 Å². The summed E-state index contributed by atoms with van der Waals surface area (Å²) in [6.07, 6.45) is -0.331. The zero-order valence-electron chi connectivity index (χ0n) is 17.3. The molecule has 0 aromatic heterocycles. The minimum absolute atomic E-state index is 0.107. The number of halogens is 1. The van der Waals surface area contributed by atoms with Crippen LogP contribution in [-0.2, 0) is 9.47 Å². The van der Waals surface area contributed by atoms with E-state index < -0.39 is 5.82 Å². The van der Waals surface area contributed by atoms with Gasteiger partial charge in [0.05, 0.1) is 19.3 Å². The van der Waals surface area contributed by atoms with Gasteiger partial charge in [0.2, 0.25) is 0 Å². The summed E-state index contributed by atoms with van der Waals surface area (Å²) in [5.41, 5.74) is 1.99. The minimum atomic E-state index is -0.444. The minimum Gasteiger partial charge on any atom is -0.383 e. The van der Waals surface area contributed by atoms with Gasteiger partial charge in [-0.2, -0.15) is 0 Å². The summed E-state index contributed by atoms with van der Waals surface area (Å²) >= 11 is 0. The first-order valence-corrected chi connectivity index (χ1v) is 9.99. The number of methoxy groups -OCH3 is 1. The van der Waals surface area contributed by atoms with Gasteiger partial charge in [-0.25, -0.2) is 4.39 Å². The van der Waals surface area contributed by atoms with Crippen molar-refractivity contribution in [1.82, 2.24) is 9.80 Å². The van der Waals surface area contributed by atoms with Gasteiger partial charge in [0.15, 0.2) is 0 Å². The highest BCUT2D eigenvalue weighted by atomic mass is 19.1. The van der Waals surface area contributed by atoms with E-state index in [1.165, 1.54) is 18.2 Å². The fourth-order valence-electron chi connectivity index (χ4n) is 3.42. The summed E-state index contributed by atoms with van der Waals surface area (Å²) in [6, 6.07) is 13.1. The van der Waals surface area contributed by atoms with E-state index in [1.54, 1.807) is 35.1 Å². The molecule has 0 bridgehead atoms. The van der Waals surface area contributed by atoms with E-state index in [2.05, 4.69) is 0 Å². The van der Waals surface area contributed by atoms with E-state index in [0.29, 0.717) is 50.5 Å². The van der Waals surface area contributed by atoms with Gasteiger partial charge in [-0.3, -0.25) is 9.59 Å². The van der Waals surface area contributed by atoms with Crippen molar-refractivity contribution in [3.05, 3.63) is 71.0 Å². The average Bonchev–Trinajstić information content (AvgIpc) is 2.76. The van der Waals surface area contributed by atoms with Crippen LogP contribution in [0.5, 0.6) is 0 Å². The third-order valence-electron chi connectivity index (χ3n) is 5.07. The van der Waals surface area contributed by atoms with Crippen molar-refractivity contribution in [2.45, 2.75) is 13.0 Å². The molecule has 1 unspecified atom stereocenters. The average molecular weight is 414 g/mol. The van der Waals surface area contributed by atoms with E-state index in [4.69, 9.17) is 9.47 Å². The molecule has 1 atom stereocenters. The third-order valence-corrected chi connectivity index (χ3v) is 5.07. The Morgan fingerprint density at radius 1 is 1.20 bits per heavy atom. The molecule has 160 valence electrons. The molecule has 1 aliphatic heterocycles. The number of rotatable bonds is 7. The lowest BCUT2D eigenvalue weighted by Gasteiger charge is -2.36. The highest BCUT2D eigenvalue weighted by molar-refractivity contribution is 5.95. The topological polar surface area (TPSA) is 59.1 Å². The first-order valence-electron chi connectivity index (χ1n) is 9.99. The summed E-state index contributed by atoms with van der Waals surface area (Å²) in [5.74, 6) is -0.791. The Morgan fingerprint density at radius 3 is 2.67 bits per heavy atom. The monoisotopic (exact) mass is 414 g/mol. The van der Waals surface area contributed by atoms with Crippen LogP contribution in [0.1, 0.15) is 26.3 Å². The maximum Gasteiger partial charge on any atom is 0.254 e. The van der Waals surface area contributed by atoms with Crippen LogP contribution in [0.25, 0.3) is 0 Å². The van der Waals surface area contributed by atoms with Crippen LogP contribution in [0.2, 0.25) is 0 Å². The second-order valence-corrected chi connectivity index (χ2v) is 7.36. The van der Waals surface area contributed by atoms with E-state index in [9.17, 15) is 14.0 Å². The highest BCUT2D eigenvalue weighted by Crippen LogP contribution is 2.15. The zero-order chi connectivity index (χ0) is 21.5. The number of morpholine rings is 1. The number of hydrogen-bond acceptors (Lipinski definition) is 4. The molecule has 2 amide bonds. The van der Waals surface area contributed by atoms with Crippen molar-refractivity contribution in [3.63, 3.8) is 0 Å². The number of amides is 2. The molecule has 1 fully saturated rings. The van der Waals surface area contributed by atoms with E-state index in [-0.39, 0.29) is 17.9 Å². The Morgan fingerprint density at radius 2 is 1.97 bits per heavy atom. The molecule has 6 nitrogen and oxygen atoms in total. The zero-order valence-corrected chi connectivity index (χ0v) is 17.3. The van der Waals surface area contributed by atoms with Crippen molar-refractivity contribution in [3.8, 4) is 0 Å². The molecule has 7 heteroatoms. The van der Waals surface area contributed by atoms with E-state index in [1.807, 2.05) is 19.1 Å². The number of nitrogens with zero attached hydrogens (tertiary/aromatic N) is 2. The standard InChI is InChI=1S/C23H27FN2O4/c1-17-6-8-18(9-7-17)22(27)25(10-12-29-2)15-21-16-26(11-13-30-21)23(28)19-4-3-5-20(24)14-19/h3-9,14,21H,10-13,15-16H2,1-2H3. The van der Waals surface area contributed by atoms with Gasteiger partial charge in [-0.05, 0) is 37.3 Å². The van der Waals surface area contributed by atoms with Gasteiger partial charge in [0.1, 0.15) is 5.82 Å². The maximum absolute atomic E-state index is 13.5. The number of ether oxygens (including phenoxy) is 2. The summed E-state index contributed by atoms with van der Waals surface area (Å²) < 4.78 is 24.5. The molecule has 1 heterocycles. The fraction of sp³-hybridized carbons (Fsp3) is 0.391. The molecular formula is C23H27FN2O4. The van der Waals surface area contributed by atoms with Crippen molar-refractivity contribution >= 4 is 11.8 Å². The van der Waals surface area contributed by atoms with Crippen molar-refractivity contribution < 1.29 is 23.5 Å². The Hall–Kier alpha value is -2.77. The predicted octanol–water partition coefficient (Wildman–Crippen LogP) is 2.76. The van der Waals surface area contributed by atoms with Crippen LogP contribution in [0.3, 0.4) is 0 Å². The Kier molecular flexibility index (Phi) is 7.54. The van der Waals surface area contributed by atoms with Crippen molar-refractivity contribution in [2.24, 2.45) is 0 Å².